The molecular formula is C28H17ClF5N5O4. The van der Waals surface area contributed by atoms with E-state index >= 15 is 0 Å². The van der Waals surface area contributed by atoms with Gasteiger partial charge in [-0.3, -0.25) is 14.5 Å². The zero-order valence-electron chi connectivity index (χ0n) is 21.4. The highest BCUT2D eigenvalue weighted by Crippen LogP contribution is 2.49. The van der Waals surface area contributed by atoms with Crippen LogP contribution >= 0.6 is 11.6 Å². The number of anilines is 2. The molecule has 3 aromatic carbocycles. The summed E-state index contributed by atoms with van der Waals surface area (Å²) < 4.78 is 71.0. The normalized spacial score (nSPS) is 19.2. The number of β-amino-alcohol motifs (C(OH)–C–C–N with tert-alkyl or cyclic N) is 1. The molecule has 0 fully saturated rings. The lowest BCUT2D eigenvalue weighted by atomic mass is 9.95. The van der Waals surface area contributed by atoms with Crippen molar-refractivity contribution in [3.8, 4) is 5.69 Å². The third kappa shape index (κ3) is 4.58. The second kappa shape index (κ2) is 9.88. The molecule has 1 aromatic heterocycles. The summed E-state index contributed by atoms with van der Waals surface area (Å²) in [6.45, 7) is -1.31. The number of rotatable bonds is 3. The Bertz CT molecular complexity index is 1900. The van der Waals surface area contributed by atoms with Crippen LogP contribution in [0, 0.1) is 11.6 Å². The van der Waals surface area contributed by atoms with E-state index in [1.54, 1.807) is 0 Å². The van der Waals surface area contributed by atoms with E-state index in [-0.39, 0.29) is 33.1 Å². The number of urea groups is 1. The number of hydrogen-bond donors (Lipinski definition) is 3. The number of aliphatic hydroxyl groups is 1. The molecule has 0 radical (unpaired) electrons. The fourth-order valence-electron chi connectivity index (χ4n) is 5.24. The number of carbonyl (C=O) groups is 2. The minimum absolute atomic E-state index is 0.0106. The minimum Gasteiger partial charge on any atom is -0.375 e. The summed E-state index contributed by atoms with van der Waals surface area (Å²) in [4.78, 5) is 39.8. The standard InChI is InChI=1S/C28H17ClF5N5O4/c29-19-5-3-13(30)8-16(19)24-23-17(25(41)37-24)10-15(39-22(40)2-1-7-35-39)11-20(23)36-26(42)38-12-27(43,28(32,33)34)18-9-14(31)4-6-21(18)38/h1-11,24,43H,12H2,(H,36,42)(H,37,41)/t24-,27-/m1/s1. The van der Waals surface area contributed by atoms with Crippen molar-refractivity contribution < 1.29 is 36.6 Å². The van der Waals surface area contributed by atoms with E-state index in [0.717, 1.165) is 28.9 Å². The first-order valence-corrected chi connectivity index (χ1v) is 12.8. The maximum absolute atomic E-state index is 14.2. The molecule has 2 aliphatic heterocycles. The highest BCUT2D eigenvalue weighted by molar-refractivity contribution is 6.31. The maximum Gasteiger partial charge on any atom is 0.423 e. The van der Waals surface area contributed by atoms with Gasteiger partial charge in [-0.2, -0.15) is 23.0 Å². The number of aromatic nitrogens is 2. The summed E-state index contributed by atoms with van der Waals surface area (Å²) in [5, 5.41) is 19.7. The number of fused-ring (bicyclic) bond motifs is 2. The van der Waals surface area contributed by atoms with E-state index in [9.17, 15) is 41.4 Å². The Labute approximate surface area is 243 Å². The zero-order chi connectivity index (χ0) is 30.8. The lowest BCUT2D eigenvalue weighted by Gasteiger charge is -2.27. The first-order chi connectivity index (χ1) is 20.3. The molecule has 4 aromatic rings. The molecular weight excluding hydrogens is 601 g/mol. The van der Waals surface area contributed by atoms with Gasteiger partial charge >= 0.3 is 12.2 Å². The van der Waals surface area contributed by atoms with Gasteiger partial charge in [0.1, 0.15) is 11.6 Å². The molecule has 2 atom stereocenters. The first kappa shape index (κ1) is 28.3. The Hall–Kier alpha value is -4.82. The molecule has 0 spiro atoms. The SMILES string of the molecule is O=C1N[C@H](c2cc(F)ccc2Cl)c2c(NC(=O)N3C[C@](O)(C(F)(F)F)c4cc(F)ccc43)cc(-n3ncccc3=O)cc21. The topological polar surface area (TPSA) is 117 Å². The molecule has 15 heteroatoms. The van der Waals surface area contributed by atoms with Crippen molar-refractivity contribution in [2.75, 3.05) is 16.8 Å². The molecule has 3 heterocycles. The van der Waals surface area contributed by atoms with E-state index in [2.05, 4.69) is 15.7 Å². The average molecular weight is 618 g/mol. The van der Waals surface area contributed by atoms with Crippen molar-refractivity contribution in [1.82, 2.24) is 15.1 Å². The molecule has 3 N–H and O–H groups in total. The third-order valence-electron chi connectivity index (χ3n) is 7.24. The van der Waals surface area contributed by atoms with Gasteiger partial charge < -0.3 is 15.7 Å². The monoisotopic (exact) mass is 617 g/mol. The Balaban J connectivity index is 1.50. The van der Waals surface area contributed by atoms with Crippen molar-refractivity contribution in [3.05, 3.63) is 116 Å². The van der Waals surface area contributed by atoms with Gasteiger partial charge in [0.25, 0.3) is 11.5 Å². The highest BCUT2D eigenvalue weighted by Gasteiger charge is 2.61. The van der Waals surface area contributed by atoms with Crippen LogP contribution in [0.5, 0.6) is 0 Å². The molecule has 0 saturated carbocycles. The quantitative estimate of drug-likeness (QED) is 0.286. The van der Waals surface area contributed by atoms with E-state index in [0.29, 0.717) is 11.0 Å². The molecule has 2 aliphatic rings. The summed E-state index contributed by atoms with van der Waals surface area (Å²) >= 11 is 6.31. The highest BCUT2D eigenvalue weighted by atomic mass is 35.5. The van der Waals surface area contributed by atoms with Gasteiger partial charge in [0.2, 0.25) is 5.60 Å². The molecule has 43 heavy (non-hydrogen) atoms. The van der Waals surface area contributed by atoms with Crippen molar-refractivity contribution in [2.45, 2.75) is 17.8 Å². The number of hydrogen-bond acceptors (Lipinski definition) is 5. The van der Waals surface area contributed by atoms with Crippen molar-refractivity contribution in [1.29, 1.82) is 0 Å². The lowest BCUT2D eigenvalue weighted by molar-refractivity contribution is -0.258. The predicted octanol–water partition coefficient (Wildman–Crippen LogP) is 4.80. The Morgan fingerprint density at radius 2 is 1.79 bits per heavy atom. The fraction of sp³-hybridized carbons (Fsp3) is 0.143. The van der Waals surface area contributed by atoms with Gasteiger partial charge in [-0.25, -0.2) is 13.6 Å². The number of amides is 3. The van der Waals surface area contributed by atoms with Gasteiger partial charge in [-0.15, -0.1) is 0 Å². The first-order valence-electron chi connectivity index (χ1n) is 12.4. The summed E-state index contributed by atoms with van der Waals surface area (Å²) in [5.74, 6) is -2.43. The molecule has 220 valence electrons. The minimum atomic E-state index is -5.28. The van der Waals surface area contributed by atoms with Crippen molar-refractivity contribution >= 4 is 34.9 Å². The molecule has 9 nitrogen and oxygen atoms in total. The zero-order valence-corrected chi connectivity index (χ0v) is 22.2. The Morgan fingerprint density at radius 3 is 2.51 bits per heavy atom. The van der Waals surface area contributed by atoms with Crippen LogP contribution in [0.2, 0.25) is 5.02 Å². The molecule has 3 amide bonds. The van der Waals surface area contributed by atoms with Gasteiger partial charge in [-0.1, -0.05) is 11.6 Å². The van der Waals surface area contributed by atoms with Gasteiger partial charge in [0, 0.05) is 39.5 Å². The van der Waals surface area contributed by atoms with Crippen LogP contribution in [0.1, 0.15) is 33.1 Å². The van der Waals surface area contributed by atoms with Crippen LogP contribution in [0.3, 0.4) is 0 Å². The van der Waals surface area contributed by atoms with Gasteiger partial charge in [-0.05, 0) is 54.6 Å². The van der Waals surface area contributed by atoms with E-state index < -0.39 is 64.7 Å². The third-order valence-corrected chi connectivity index (χ3v) is 7.58. The number of benzene rings is 3. The predicted molar refractivity (Wildman–Crippen MR) is 143 cm³/mol. The van der Waals surface area contributed by atoms with Crippen molar-refractivity contribution in [3.63, 3.8) is 0 Å². The van der Waals surface area contributed by atoms with Crippen LogP contribution in [-0.2, 0) is 5.60 Å². The van der Waals surface area contributed by atoms with Crippen molar-refractivity contribution in [2.24, 2.45) is 0 Å². The summed E-state index contributed by atoms with van der Waals surface area (Å²) in [6.07, 6.45) is -3.98. The molecule has 0 unspecified atom stereocenters. The number of alkyl halides is 3. The molecule has 0 aliphatic carbocycles. The molecule has 0 bridgehead atoms. The number of nitrogens with zero attached hydrogens (tertiary/aromatic N) is 3. The molecule has 0 saturated heterocycles. The van der Waals surface area contributed by atoms with Crippen LogP contribution in [0.15, 0.2) is 71.7 Å². The summed E-state index contributed by atoms with van der Waals surface area (Å²) in [6, 6.07) is 8.47. The van der Waals surface area contributed by atoms with Crippen LogP contribution in [-0.4, -0.2) is 39.5 Å². The smallest absolute Gasteiger partial charge is 0.375 e. The largest absolute Gasteiger partial charge is 0.423 e. The van der Waals surface area contributed by atoms with Crippen LogP contribution in [0.25, 0.3) is 5.69 Å². The van der Waals surface area contributed by atoms with Crippen LogP contribution < -0.4 is 21.1 Å². The van der Waals surface area contributed by atoms with E-state index in [4.69, 9.17) is 11.6 Å². The number of halogens is 6. The second-order valence-electron chi connectivity index (χ2n) is 9.84. The summed E-state index contributed by atoms with van der Waals surface area (Å²) in [5.41, 5.74) is -5.49. The fourth-order valence-corrected chi connectivity index (χ4v) is 5.47. The second-order valence-corrected chi connectivity index (χ2v) is 10.2. The average Bonchev–Trinajstić information content (AvgIpc) is 3.45. The van der Waals surface area contributed by atoms with E-state index in [1.807, 2.05) is 0 Å². The molecule has 6 rings (SSSR count). The Morgan fingerprint density at radius 1 is 1.07 bits per heavy atom. The van der Waals surface area contributed by atoms with Gasteiger partial charge in [0.05, 0.1) is 29.6 Å². The maximum atomic E-state index is 14.2. The van der Waals surface area contributed by atoms with Crippen LogP contribution in [0.4, 0.5) is 38.1 Å². The number of nitrogens with one attached hydrogen (secondary N) is 2. The summed E-state index contributed by atoms with van der Waals surface area (Å²) in [7, 11) is 0. The Kier molecular flexibility index (Phi) is 6.50. The lowest BCUT2D eigenvalue weighted by Crippen LogP contribution is -2.48. The van der Waals surface area contributed by atoms with Gasteiger partial charge in [0.15, 0.2) is 0 Å². The number of carbonyl (C=O) groups excluding carboxylic acids is 2. The van der Waals surface area contributed by atoms with E-state index in [1.165, 1.54) is 36.5 Å².